The fourth-order valence-corrected chi connectivity index (χ4v) is 1.93. The van der Waals surface area contributed by atoms with Crippen molar-refractivity contribution in [3.8, 4) is 6.01 Å². The van der Waals surface area contributed by atoms with Crippen LogP contribution in [0.5, 0.6) is 6.01 Å². The summed E-state index contributed by atoms with van der Waals surface area (Å²) < 4.78 is 5.01. The number of anilines is 1. The molecule has 0 saturated heterocycles. The van der Waals surface area contributed by atoms with Crippen molar-refractivity contribution in [2.45, 2.75) is 13.3 Å². The molecule has 2 rings (SSSR count). The number of aromatic nitrogens is 2. The maximum Gasteiger partial charge on any atom is 0.344 e. The van der Waals surface area contributed by atoms with E-state index in [2.05, 4.69) is 15.3 Å². The lowest BCUT2D eigenvalue weighted by Gasteiger charge is -2.09. The molecule has 0 amide bonds. The Balaban J connectivity index is 2.55. The number of fused-ring (bicyclic) bond motifs is 1. The van der Waals surface area contributed by atoms with Crippen LogP contribution in [0.4, 0.5) is 5.82 Å². The summed E-state index contributed by atoms with van der Waals surface area (Å²) in [5, 5.41) is 21.0. The predicted molar refractivity (Wildman–Crippen MR) is 82.4 cm³/mol. The first-order valence-electron chi connectivity index (χ1n) is 6.74. The molecule has 8 nitrogen and oxygen atoms in total. The van der Waals surface area contributed by atoms with Gasteiger partial charge in [-0.1, -0.05) is 13.0 Å². The van der Waals surface area contributed by atoms with Gasteiger partial charge in [0.25, 0.3) is 0 Å². The number of hydrogen-bond acceptors (Lipinski definition) is 6. The van der Waals surface area contributed by atoms with Crippen molar-refractivity contribution in [3.63, 3.8) is 0 Å². The average Bonchev–Trinajstić information content (AvgIpc) is 2.53. The number of nitrogens with one attached hydrogen (secondary N) is 1. The molecule has 3 N–H and O–H groups in total. The highest BCUT2D eigenvalue weighted by Gasteiger charge is 2.16. The summed E-state index contributed by atoms with van der Waals surface area (Å²) in [5.41, 5.74) is 0.828. The van der Waals surface area contributed by atoms with E-state index in [1.54, 1.807) is 6.07 Å². The maximum atomic E-state index is 10.9. The van der Waals surface area contributed by atoms with Crippen LogP contribution in [0, 0.1) is 0 Å². The second kappa shape index (κ2) is 6.73. The van der Waals surface area contributed by atoms with Crippen LogP contribution in [0.1, 0.15) is 12.5 Å². The Kier molecular flexibility index (Phi) is 4.75. The van der Waals surface area contributed by atoms with E-state index in [-0.39, 0.29) is 11.8 Å². The first kappa shape index (κ1) is 16.2. The molecule has 0 atom stereocenters. The largest absolute Gasteiger partial charge is 0.477 e. The lowest BCUT2D eigenvalue weighted by Crippen LogP contribution is -2.13. The van der Waals surface area contributed by atoms with Crippen molar-refractivity contribution >= 4 is 28.7 Å². The molecule has 0 bridgehead atoms. The lowest BCUT2D eigenvalue weighted by molar-refractivity contribution is -0.140. The van der Waals surface area contributed by atoms with Gasteiger partial charge in [-0.25, -0.2) is 9.59 Å². The van der Waals surface area contributed by atoms with Gasteiger partial charge in [-0.3, -0.25) is 0 Å². The summed E-state index contributed by atoms with van der Waals surface area (Å²) in [6.45, 7) is 1.99. The first-order chi connectivity index (χ1) is 11.0. The molecule has 0 aliphatic heterocycles. The SMILES string of the molecule is CCc1ccc2nc(OC)nc(NC=C(C(=O)O)C(=O)O)c2c1. The number of carboxylic acids is 2. The van der Waals surface area contributed by atoms with Gasteiger partial charge in [0.2, 0.25) is 0 Å². The van der Waals surface area contributed by atoms with Crippen molar-refractivity contribution in [3.05, 3.63) is 35.5 Å². The Morgan fingerprint density at radius 2 is 1.96 bits per heavy atom. The Morgan fingerprint density at radius 1 is 1.26 bits per heavy atom. The molecule has 23 heavy (non-hydrogen) atoms. The van der Waals surface area contributed by atoms with Gasteiger partial charge in [0.15, 0.2) is 5.57 Å². The van der Waals surface area contributed by atoms with Crippen LogP contribution < -0.4 is 10.1 Å². The highest BCUT2D eigenvalue weighted by Crippen LogP contribution is 2.24. The zero-order valence-corrected chi connectivity index (χ0v) is 12.5. The van der Waals surface area contributed by atoms with E-state index in [1.165, 1.54) is 7.11 Å². The third-order valence-corrected chi connectivity index (χ3v) is 3.14. The second-order valence-electron chi connectivity index (χ2n) is 4.58. The van der Waals surface area contributed by atoms with E-state index < -0.39 is 17.5 Å². The number of carboxylic acid groups (broad SMARTS) is 2. The van der Waals surface area contributed by atoms with E-state index in [1.807, 2.05) is 19.1 Å². The summed E-state index contributed by atoms with van der Waals surface area (Å²) >= 11 is 0. The fourth-order valence-electron chi connectivity index (χ4n) is 1.93. The lowest BCUT2D eigenvalue weighted by atomic mass is 10.1. The molecule has 2 aromatic rings. The molecule has 0 spiro atoms. The number of aliphatic carboxylic acids is 2. The maximum absolute atomic E-state index is 10.9. The standard InChI is InChI=1S/C15H15N3O5/c1-3-8-4-5-11-9(6-8)12(18-15(17-11)23-2)16-7-10(13(19)20)14(21)22/h4-7H,3H2,1-2H3,(H,19,20)(H,21,22)(H,16,17,18). The quantitative estimate of drug-likeness (QED) is 0.418. The zero-order chi connectivity index (χ0) is 17.0. The predicted octanol–water partition coefficient (Wildman–Crippen LogP) is 1.67. The summed E-state index contributed by atoms with van der Waals surface area (Å²) in [6, 6.07) is 5.65. The summed E-state index contributed by atoms with van der Waals surface area (Å²) in [7, 11) is 1.40. The van der Waals surface area contributed by atoms with Gasteiger partial charge in [0.05, 0.1) is 12.6 Å². The minimum Gasteiger partial charge on any atom is -0.477 e. The van der Waals surface area contributed by atoms with Gasteiger partial charge >= 0.3 is 17.9 Å². The Morgan fingerprint density at radius 3 is 2.52 bits per heavy atom. The first-order valence-corrected chi connectivity index (χ1v) is 6.74. The third kappa shape index (κ3) is 3.54. The fraction of sp³-hybridized carbons (Fsp3) is 0.200. The Hall–Kier alpha value is -3.16. The van der Waals surface area contributed by atoms with Crippen LogP contribution >= 0.6 is 0 Å². The van der Waals surface area contributed by atoms with Crippen molar-refractivity contribution in [1.82, 2.24) is 9.97 Å². The van der Waals surface area contributed by atoms with Crippen molar-refractivity contribution < 1.29 is 24.5 Å². The number of aryl methyl sites for hydroxylation is 1. The summed E-state index contributed by atoms with van der Waals surface area (Å²) in [6.07, 6.45) is 1.68. The number of rotatable bonds is 6. The number of benzene rings is 1. The van der Waals surface area contributed by atoms with Crippen LogP contribution in [-0.2, 0) is 16.0 Å². The van der Waals surface area contributed by atoms with E-state index >= 15 is 0 Å². The van der Waals surface area contributed by atoms with Crippen LogP contribution in [-0.4, -0.2) is 39.2 Å². The molecule has 8 heteroatoms. The molecule has 0 unspecified atom stereocenters. The van der Waals surface area contributed by atoms with E-state index in [4.69, 9.17) is 14.9 Å². The van der Waals surface area contributed by atoms with Crippen LogP contribution in [0.25, 0.3) is 10.9 Å². The van der Waals surface area contributed by atoms with Crippen molar-refractivity contribution in [2.24, 2.45) is 0 Å². The van der Waals surface area contributed by atoms with E-state index in [0.29, 0.717) is 10.9 Å². The van der Waals surface area contributed by atoms with E-state index in [9.17, 15) is 9.59 Å². The summed E-state index contributed by atoms with van der Waals surface area (Å²) in [4.78, 5) is 30.1. The molecule has 0 aliphatic carbocycles. The summed E-state index contributed by atoms with van der Waals surface area (Å²) in [5.74, 6) is -2.84. The van der Waals surface area contributed by atoms with Crippen LogP contribution in [0.15, 0.2) is 30.0 Å². The van der Waals surface area contributed by atoms with Crippen molar-refractivity contribution in [2.75, 3.05) is 12.4 Å². The topological polar surface area (TPSA) is 122 Å². The van der Waals surface area contributed by atoms with Gasteiger partial charge in [0.1, 0.15) is 5.82 Å². The Labute approximate surface area is 131 Å². The molecule has 0 saturated carbocycles. The number of methoxy groups -OCH3 is 1. The average molecular weight is 317 g/mol. The number of ether oxygens (including phenoxy) is 1. The van der Waals surface area contributed by atoms with Crippen molar-refractivity contribution in [1.29, 1.82) is 0 Å². The number of carbonyl (C=O) groups is 2. The Bertz CT molecular complexity index is 785. The van der Waals surface area contributed by atoms with Crippen LogP contribution in [0.3, 0.4) is 0 Å². The van der Waals surface area contributed by atoms with Gasteiger partial charge in [-0.2, -0.15) is 9.97 Å². The highest BCUT2D eigenvalue weighted by molar-refractivity contribution is 6.12. The molecule has 0 fully saturated rings. The molecule has 1 heterocycles. The molecule has 0 aliphatic rings. The van der Waals surface area contributed by atoms with Gasteiger partial charge in [0, 0.05) is 11.6 Å². The number of hydrogen-bond donors (Lipinski definition) is 3. The number of nitrogens with zero attached hydrogens (tertiary/aromatic N) is 2. The highest BCUT2D eigenvalue weighted by atomic mass is 16.5. The zero-order valence-electron chi connectivity index (χ0n) is 12.5. The molecule has 0 radical (unpaired) electrons. The van der Waals surface area contributed by atoms with Crippen LogP contribution in [0.2, 0.25) is 0 Å². The van der Waals surface area contributed by atoms with E-state index in [0.717, 1.165) is 18.2 Å². The molecular formula is C15H15N3O5. The van der Waals surface area contributed by atoms with Gasteiger partial charge in [-0.15, -0.1) is 0 Å². The molecule has 120 valence electrons. The monoisotopic (exact) mass is 317 g/mol. The smallest absolute Gasteiger partial charge is 0.344 e. The molecule has 1 aromatic heterocycles. The van der Waals surface area contributed by atoms with Gasteiger partial charge < -0.3 is 20.3 Å². The molecule has 1 aromatic carbocycles. The molecular weight excluding hydrogens is 302 g/mol. The minimum atomic E-state index is -1.55. The third-order valence-electron chi connectivity index (χ3n) is 3.14. The minimum absolute atomic E-state index is 0.0878. The van der Waals surface area contributed by atoms with Gasteiger partial charge in [-0.05, 0) is 24.1 Å². The second-order valence-corrected chi connectivity index (χ2v) is 4.58. The normalized spacial score (nSPS) is 10.2.